The average Bonchev–Trinajstić information content (AvgIpc) is 3.01. The number of carbonyl (C=O) groups is 1. The van der Waals surface area contributed by atoms with E-state index in [1.54, 1.807) is 17.7 Å². The normalized spacial score (nSPS) is 11.1. The summed E-state index contributed by atoms with van der Waals surface area (Å²) in [4.78, 5) is 28.3. The maximum atomic E-state index is 11.8. The lowest BCUT2D eigenvalue weighted by molar-refractivity contribution is -0.139. The first-order chi connectivity index (χ1) is 10.7. The highest BCUT2D eigenvalue weighted by Gasteiger charge is 2.05. The molecule has 0 amide bonds. The molecule has 110 valence electrons. The molecule has 0 atom stereocenters. The molecule has 0 aliphatic rings. The Kier molecular flexibility index (Phi) is 4.11. The summed E-state index contributed by atoms with van der Waals surface area (Å²) in [6.07, 6.45) is 4.69. The second-order valence-electron chi connectivity index (χ2n) is 4.49. The predicted molar refractivity (Wildman–Crippen MR) is 84.6 cm³/mol. The first-order valence-corrected chi connectivity index (χ1v) is 7.46. The molecule has 0 fully saturated rings. The van der Waals surface area contributed by atoms with Crippen molar-refractivity contribution in [3.8, 4) is 0 Å². The summed E-state index contributed by atoms with van der Waals surface area (Å²) in [5, 5.41) is 1.78. The van der Waals surface area contributed by atoms with Crippen LogP contribution in [0.15, 0.2) is 58.8 Å². The summed E-state index contributed by atoms with van der Waals surface area (Å²) in [5.74, 6) is -0.475. The van der Waals surface area contributed by atoms with Crippen molar-refractivity contribution < 1.29 is 9.53 Å². The fourth-order valence-corrected chi connectivity index (χ4v) is 2.62. The van der Waals surface area contributed by atoms with Gasteiger partial charge in [0.25, 0.3) is 5.56 Å². The van der Waals surface area contributed by atoms with Crippen LogP contribution in [-0.4, -0.2) is 15.4 Å². The summed E-state index contributed by atoms with van der Waals surface area (Å²) in [6, 6.07) is 10.8. The van der Waals surface area contributed by atoms with Crippen LogP contribution in [-0.2, 0) is 16.1 Å². The van der Waals surface area contributed by atoms with Gasteiger partial charge in [-0.25, -0.2) is 9.78 Å². The highest BCUT2D eigenvalue weighted by atomic mass is 32.1. The van der Waals surface area contributed by atoms with Crippen molar-refractivity contribution in [2.75, 3.05) is 0 Å². The third-order valence-corrected chi connectivity index (χ3v) is 3.69. The highest BCUT2D eigenvalue weighted by molar-refractivity contribution is 7.15. The van der Waals surface area contributed by atoms with Crippen molar-refractivity contribution in [3.63, 3.8) is 0 Å². The second-order valence-corrected chi connectivity index (χ2v) is 5.37. The van der Waals surface area contributed by atoms with Crippen LogP contribution in [0.5, 0.6) is 0 Å². The molecule has 0 spiro atoms. The lowest BCUT2D eigenvalue weighted by Crippen LogP contribution is -2.14. The van der Waals surface area contributed by atoms with Crippen molar-refractivity contribution in [3.05, 3.63) is 75.7 Å². The van der Waals surface area contributed by atoms with Crippen LogP contribution in [0, 0.1) is 0 Å². The fourth-order valence-electron chi connectivity index (χ4n) is 1.88. The van der Waals surface area contributed by atoms with Crippen molar-refractivity contribution in [1.82, 2.24) is 9.38 Å². The zero-order chi connectivity index (χ0) is 15.4. The molecular weight excluding hydrogens is 300 g/mol. The second kappa shape index (κ2) is 6.36. The molecular formula is C16H12N2O3S. The number of rotatable bonds is 4. The number of carbonyl (C=O) groups excluding carboxylic acids is 1. The number of fused-ring (bicyclic) bond motifs is 1. The van der Waals surface area contributed by atoms with Gasteiger partial charge in [0.15, 0.2) is 4.96 Å². The summed E-state index contributed by atoms with van der Waals surface area (Å²) in [5.41, 5.74) is 1.17. The number of esters is 1. The Bertz CT molecular complexity index is 881. The van der Waals surface area contributed by atoms with E-state index in [9.17, 15) is 9.59 Å². The monoisotopic (exact) mass is 312 g/mol. The van der Waals surface area contributed by atoms with Crippen molar-refractivity contribution in [1.29, 1.82) is 0 Å². The molecule has 0 bridgehead atoms. The van der Waals surface area contributed by atoms with Gasteiger partial charge in [0.1, 0.15) is 6.61 Å². The van der Waals surface area contributed by atoms with Crippen LogP contribution in [0.3, 0.4) is 0 Å². The van der Waals surface area contributed by atoms with E-state index in [4.69, 9.17) is 4.74 Å². The number of thiazole rings is 1. The molecule has 3 aromatic rings. The van der Waals surface area contributed by atoms with Crippen LogP contribution in [0.4, 0.5) is 0 Å². The van der Waals surface area contributed by atoms with Gasteiger partial charge in [-0.1, -0.05) is 30.3 Å². The van der Waals surface area contributed by atoms with Gasteiger partial charge >= 0.3 is 5.97 Å². The SMILES string of the molecule is O=C(/C=C/c1ccccc1)OCc1cc(=O)n2ccsc2n1. The smallest absolute Gasteiger partial charge is 0.331 e. The number of aromatic nitrogens is 2. The number of nitrogens with zero attached hydrogens (tertiary/aromatic N) is 2. The predicted octanol–water partition coefficient (Wildman–Crippen LogP) is 2.51. The Balaban J connectivity index is 1.65. The topological polar surface area (TPSA) is 60.7 Å². The Morgan fingerprint density at radius 2 is 2.14 bits per heavy atom. The minimum Gasteiger partial charge on any atom is -0.456 e. The van der Waals surface area contributed by atoms with Gasteiger partial charge in [0.2, 0.25) is 0 Å². The van der Waals surface area contributed by atoms with Crippen molar-refractivity contribution in [2.45, 2.75) is 6.61 Å². The molecule has 0 aliphatic carbocycles. The Labute approximate surface area is 130 Å². The Morgan fingerprint density at radius 1 is 1.32 bits per heavy atom. The van der Waals surface area contributed by atoms with Gasteiger partial charge in [-0.3, -0.25) is 9.20 Å². The van der Waals surface area contributed by atoms with Crippen molar-refractivity contribution in [2.24, 2.45) is 0 Å². The first kappa shape index (κ1) is 14.2. The van der Waals surface area contributed by atoms with E-state index in [0.29, 0.717) is 10.7 Å². The standard InChI is InChI=1S/C16H12N2O3S/c19-14-10-13(17-16-18(14)8-9-22-16)11-21-15(20)7-6-12-4-2-1-3-5-12/h1-10H,11H2/b7-6+. The summed E-state index contributed by atoms with van der Waals surface area (Å²) in [7, 11) is 0. The van der Waals surface area contributed by atoms with Crippen LogP contribution >= 0.6 is 11.3 Å². The number of benzene rings is 1. The lowest BCUT2D eigenvalue weighted by Gasteiger charge is -2.01. The van der Waals surface area contributed by atoms with E-state index in [2.05, 4.69) is 4.98 Å². The van der Waals surface area contributed by atoms with E-state index in [-0.39, 0.29) is 12.2 Å². The van der Waals surface area contributed by atoms with Gasteiger partial charge < -0.3 is 4.74 Å². The van der Waals surface area contributed by atoms with Gasteiger partial charge in [0, 0.05) is 23.7 Å². The third-order valence-electron chi connectivity index (χ3n) is 2.93. The Morgan fingerprint density at radius 3 is 2.95 bits per heavy atom. The van der Waals surface area contributed by atoms with E-state index in [0.717, 1.165) is 5.56 Å². The molecule has 2 aromatic heterocycles. The van der Waals surface area contributed by atoms with Crippen LogP contribution in [0.2, 0.25) is 0 Å². The molecule has 2 heterocycles. The third kappa shape index (κ3) is 3.29. The largest absolute Gasteiger partial charge is 0.456 e. The summed E-state index contributed by atoms with van der Waals surface area (Å²) >= 11 is 1.35. The number of hydrogen-bond acceptors (Lipinski definition) is 5. The molecule has 6 heteroatoms. The molecule has 0 radical (unpaired) electrons. The quantitative estimate of drug-likeness (QED) is 0.548. The molecule has 0 unspecified atom stereocenters. The fraction of sp³-hybridized carbons (Fsp3) is 0.0625. The number of hydrogen-bond donors (Lipinski definition) is 0. The first-order valence-electron chi connectivity index (χ1n) is 6.58. The Hall–Kier alpha value is -2.73. The van der Waals surface area contributed by atoms with Gasteiger partial charge in [-0.2, -0.15) is 0 Å². The summed E-state index contributed by atoms with van der Waals surface area (Å²) < 4.78 is 6.55. The minimum absolute atomic E-state index is 0.0262. The van der Waals surface area contributed by atoms with Crippen LogP contribution in [0.25, 0.3) is 11.0 Å². The molecule has 22 heavy (non-hydrogen) atoms. The summed E-state index contributed by atoms with van der Waals surface area (Å²) in [6.45, 7) is -0.0262. The van der Waals surface area contributed by atoms with Gasteiger partial charge in [-0.05, 0) is 11.6 Å². The molecule has 0 saturated heterocycles. The van der Waals surface area contributed by atoms with E-state index < -0.39 is 5.97 Å². The van der Waals surface area contributed by atoms with Gasteiger partial charge in [-0.15, -0.1) is 11.3 Å². The highest BCUT2D eigenvalue weighted by Crippen LogP contribution is 2.07. The van der Waals surface area contributed by atoms with Crippen LogP contribution < -0.4 is 5.56 Å². The zero-order valence-electron chi connectivity index (χ0n) is 11.5. The maximum Gasteiger partial charge on any atom is 0.331 e. The van der Waals surface area contributed by atoms with Crippen LogP contribution in [0.1, 0.15) is 11.3 Å². The van der Waals surface area contributed by atoms with Crippen molar-refractivity contribution >= 4 is 28.3 Å². The molecule has 0 N–H and O–H groups in total. The lowest BCUT2D eigenvalue weighted by atomic mass is 10.2. The van der Waals surface area contributed by atoms with E-state index >= 15 is 0 Å². The molecule has 0 saturated carbocycles. The van der Waals surface area contributed by atoms with E-state index in [1.165, 1.54) is 27.9 Å². The molecule has 3 rings (SSSR count). The molecule has 5 nitrogen and oxygen atoms in total. The van der Waals surface area contributed by atoms with Gasteiger partial charge in [0.05, 0.1) is 5.69 Å². The minimum atomic E-state index is -0.475. The molecule has 0 aliphatic heterocycles. The number of ether oxygens (including phenoxy) is 1. The maximum absolute atomic E-state index is 11.8. The average molecular weight is 312 g/mol. The molecule has 1 aromatic carbocycles. The van der Waals surface area contributed by atoms with E-state index in [1.807, 2.05) is 30.3 Å². The zero-order valence-corrected chi connectivity index (χ0v) is 12.3.